The van der Waals surface area contributed by atoms with Gasteiger partial charge in [0, 0.05) is 18.8 Å². The van der Waals surface area contributed by atoms with E-state index in [4.69, 9.17) is 0 Å². The third kappa shape index (κ3) is 4.65. The van der Waals surface area contributed by atoms with E-state index in [1.165, 1.54) is 24.8 Å². The van der Waals surface area contributed by atoms with E-state index in [0.29, 0.717) is 18.3 Å². The van der Waals surface area contributed by atoms with Crippen molar-refractivity contribution >= 4 is 5.91 Å². The molecule has 2 heterocycles. The zero-order chi connectivity index (χ0) is 16.6. The Labute approximate surface area is 143 Å². The van der Waals surface area contributed by atoms with E-state index in [2.05, 4.69) is 39.5 Å². The molecule has 1 aliphatic heterocycles. The average Bonchev–Trinajstić information content (AvgIpc) is 2.67. The molecule has 1 unspecified atom stereocenters. The van der Waals surface area contributed by atoms with Crippen molar-refractivity contribution in [2.75, 3.05) is 19.6 Å². The molecule has 0 aliphatic carbocycles. The Hall–Kier alpha value is -2.20. The van der Waals surface area contributed by atoms with E-state index in [0.717, 1.165) is 19.5 Å². The van der Waals surface area contributed by atoms with E-state index in [-0.39, 0.29) is 5.91 Å². The van der Waals surface area contributed by atoms with Crippen LogP contribution >= 0.6 is 0 Å². The number of nitrogens with zero attached hydrogens (tertiary/aromatic N) is 2. The molecule has 4 heteroatoms. The van der Waals surface area contributed by atoms with E-state index >= 15 is 0 Å². The molecule has 0 spiro atoms. The lowest BCUT2D eigenvalue weighted by atomic mass is 10.0. The second-order valence-electron chi connectivity index (χ2n) is 6.37. The molecule has 1 atom stereocenters. The average molecular weight is 323 g/mol. The maximum absolute atomic E-state index is 12.3. The van der Waals surface area contributed by atoms with Gasteiger partial charge in [0.2, 0.25) is 0 Å². The largest absolute Gasteiger partial charge is 0.349 e. The highest BCUT2D eigenvalue weighted by Crippen LogP contribution is 2.15. The second kappa shape index (κ2) is 8.60. The van der Waals surface area contributed by atoms with E-state index < -0.39 is 0 Å². The van der Waals surface area contributed by atoms with Crippen molar-refractivity contribution in [2.24, 2.45) is 0 Å². The summed E-state index contributed by atoms with van der Waals surface area (Å²) in [5.41, 5.74) is 1.80. The first-order valence-corrected chi connectivity index (χ1v) is 8.80. The van der Waals surface area contributed by atoms with Crippen LogP contribution in [0.4, 0.5) is 0 Å². The molecule has 24 heavy (non-hydrogen) atoms. The number of carbonyl (C=O) groups is 1. The second-order valence-corrected chi connectivity index (χ2v) is 6.37. The summed E-state index contributed by atoms with van der Waals surface area (Å²) in [4.78, 5) is 18.9. The van der Waals surface area contributed by atoms with Crippen molar-refractivity contribution in [3.63, 3.8) is 0 Å². The van der Waals surface area contributed by atoms with Gasteiger partial charge in [-0.05, 0) is 50.0 Å². The number of piperidine rings is 1. The van der Waals surface area contributed by atoms with Gasteiger partial charge < -0.3 is 5.32 Å². The van der Waals surface area contributed by atoms with E-state index in [1.54, 1.807) is 12.3 Å². The molecule has 126 valence electrons. The molecule has 4 nitrogen and oxygen atoms in total. The molecule has 1 aromatic carbocycles. The lowest BCUT2D eigenvalue weighted by molar-refractivity contribution is 0.0919. The summed E-state index contributed by atoms with van der Waals surface area (Å²) in [7, 11) is 0. The maximum atomic E-state index is 12.3. The number of likely N-dealkylation sites (tertiary alicyclic amines) is 1. The van der Waals surface area contributed by atoms with Crippen molar-refractivity contribution < 1.29 is 4.79 Å². The summed E-state index contributed by atoms with van der Waals surface area (Å²) < 4.78 is 0. The van der Waals surface area contributed by atoms with Gasteiger partial charge in [-0.3, -0.25) is 14.7 Å². The van der Waals surface area contributed by atoms with Crippen molar-refractivity contribution in [2.45, 2.75) is 31.7 Å². The fourth-order valence-corrected chi connectivity index (χ4v) is 3.30. The van der Waals surface area contributed by atoms with Crippen LogP contribution < -0.4 is 5.32 Å². The van der Waals surface area contributed by atoms with Crippen LogP contribution in [0.1, 0.15) is 35.3 Å². The summed E-state index contributed by atoms with van der Waals surface area (Å²) in [5.74, 6) is -0.0920. The van der Waals surface area contributed by atoms with Gasteiger partial charge in [-0.15, -0.1) is 0 Å². The molecule has 0 bridgehead atoms. The summed E-state index contributed by atoms with van der Waals surface area (Å²) >= 11 is 0. The fourth-order valence-electron chi connectivity index (χ4n) is 3.30. The minimum Gasteiger partial charge on any atom is -0.349 e. The molecular weight excluding hydrogens is 298 g/mol. The zero-order valence-electron chi connectivity index (χ0n) is 14.0. The maximum Gasteiger partial charge on any atom is 0.269 e. The lowest BCUT2D eigenvalue weighted by Crippen LogP contribution is -2.47. The topological polar surface area (TPSA) is 45.2 Å². The number of carbonyl (C=O) groups excluding carboxylic acids is 1. The molecule has 1 N–H and O–H groups in total. The van der Waals surface area contributed by atoms with Crippen molar-refractivity contribution in [3.8, 4) is 0 Å². The molecule has 0 saturated carbocycles. The van der Waals surface area contributed by atoms with Crippen LogP contribution in [-0.4, -0.2) is 41.5 Å². The summed E-state index contributed by atoms with van der Waals surface area (Å²) in [6, 6.07) is 16.3. The van der Waals surface area contributed by atoms with Crippen LogP contribution in [0, 0.1) is 0 Å². The smallest absolute Gasteiger partial charge is 0.269 e. The number of hydrogen-bond donors (Lipinski definition) is 1. The molecule has 1 saturated heterocycles. The molecule has 1 amide bonds. The molecule has 0 radical (unpaired) electrons. The van der Waals surface area contributed by atoms with Crippen molar-refractivity contribution in [3.05, 3.63) is 66.0 Å². The van der Waals surface area contributed by atoms with E-state index in [1.807, 2.05) is 18.2 Å². The highest BCUT2D eigenvalue weighted by atomic mass is 16.1. The van der Waals surface area contributed by atoms with Crippen LogP contribution in [0.5, 0.6) is 0 Å². The fraction of sp³-hybridized carbons (Fsp3) is 0.400. The van der Waals surface area contributed by atoms with Crippen LogP contribution in [0.3, 0.4) is 0 Å². The predicted octanol–water partition coefficient (Wildman–Crippen LogP) is 2.91. The number of nitrogens with one attached hydrogen (secondary N) is 1. The van der Waals surface area contributed by atoms with Gasteiger partial charge in [0.25, 0.3) is 5.91 Å². The summed E-state index contributed by atoms with van der Waals surface area (Å²) in [5, 5.41) is 3.07. The number of hydrogen-bond acceptors (Lipinski definition) is 3. The van der Waals surface area contributed by atoms with Gasteiger partial charge in [0.1, 0.15) is 5.69 Å². The van der Waals surface area contributed by atoms with Crippen LogP contribution in [0.2, 0.25) is 0 Å². The van der Waals surface area contributed by atoms with Gasteiger partial charge in [-0.1, -0.05) is 42.8 Å². The third-order valence-corrected chi connectivity index (χ3v) is 4.62. The number of benzene rings is 1. The molecule has 1 aromatic heterocycles. The van der Waals surface area contributed by atoms with Gasteiger partial charge >= 0.3 is 0 Å². The molecule has 2 aromatic rings. The summed E-state index contributed by atoms with van der Waals surface area (Å²) in [6.07, 6.45) is 6.43. The number of amides is 1. The van der Waals surface area contributed by atoms with Gasteiger partial charge in [-0.2, -0.15) is 0 Å². The Balaban J connectivity index is 1.64. The monoisotopic (exact) mass is 323 g/mol. The van der Waals surface area contributed by atoms with Crippen LogP contribution in [0.25, 0.3) is 0 Å². The SMILES string of the molecule is O=C(NCC(Cc1ccccc1)N1CCCCC1)c1ccccn1. The molecule has 1 fully saturated rings. The highest BCUT2D eigenvalue weighted by Gasteiger charge is 2.22. The Kier molecular flexibility index (Phi) is 5.96. The number of rotatable bonds is 6. The highest BCUT2D eigenvalue weighted by molar-refractivity contribution is 5.92. The first-order valence-electron chi connectivity index (χ1n) is 8.80. The van der Waals surface area contributed by atoms with Gasteiger partial charge in [-0.25, -0.2) is 0 Å². The third-order valence-electron chi connectivity index (χ3n) is 4.62. The molecule has 3 rings (SSSR count). The molecule has 1 aliphatic rings. The standard InChI is InChI=1S/C20H25N3O/c24-20(19-11-5-6-12-21-19)22-16-18(23-13-7-2-8-14-23)15-17-9-3-1-4-10-17/h1,3-6,9-12,18H,2,7-8,13-16H2,(H,22,24). The Bertz CT molecular complexity index is 624. The predicted molar refractivity (Wildman–Crippen MR) is 95.9 cm³/mol. The van der Waals surface area contributed by atoms with Crippen LogP contribution in [0.15, 0.2) is 54.7 Å². The Morgan fingerprint density at radius 1 is 1.04 bits per heavy atom. The first kappa shape index (κ1) is 16.7. The van der Waals surface area contributed by atoms with Crippen molar-refractivity contribution in [1.29, 1.82) is 0 Å². The minimum atomic E-state index is -0.0920. The quantitative estimate of drug-likeness (QED) is 0.889. The normalized spacial score (nSPS) is 16.5. The number of aromatic nitrogens is 1. The minimum absolute atomic E-state index is 0.0920. The zero-order valence-corrected chi connectivity index (χ0v) is 14.0. The summed E-state index contributed by atoms with van der Waals surface area (Å²) in [6.45, 7) is 2.90. The number of pyridine rings is 1. The van der Waals surface area contributed by atoms with Crippen molar-refractivity contribution in [1.82, 2.24) is 15.2 Å². The lowest BCUT2D eigenvalue weighted by Gasteiger charge is -2.34. The van der Waals surface area contributed by atoms with E-state index in [9.17, 15) is 4.79 Å². The molecular formula is C20H25N3O. The van der Waals surface area contributed by atoms with Gasteiger partial charge in [0.15, 0.2) is 0 Å². The Morgan fingerprint density at radius 2 is 1.79 bits per heavy atom. The van der Waals surface area contributed by atoms with Gasteiger partial charge in [0.05, 0.1) is 0 Å². The first-order chi connectivity index (χ1) is 11.8. The Morgan fingerprint density at radius 3 is 2.50 bits per heavy atom. The van der Waals surface area contributed by atoms with Crippen LogP contribution in [-0.2, 0) is 6.42 Å².